The second-order valence-electron chi connectivity index (χ2n) is 4.45. The van der Waals surface area contributed by atoms with Crippen LogP contribution < -0.4 is 4.74 Å². The number of nitriles is 1. The van der Waals surface area contributed by atoms with E-state index in [9.17, 15) is 0 Å². The molecule has 1 unspecified atom stereocenters. The minimum Gasteiger partial charge on any atom is -0.491 e. The molecule has 1 fully saturated rings. The molecule has 1 aromatic carbocycles. The Morgan fingerprint density at radius 1 is 1.50 bits per heavy atom. The summed E-state index contributed by atoms with van der Waals surface area (Å²) in [6.45, 7) is 1.54. The van der Waals surface area contributed by atoms with Gasteiger partial charge in [-0.1, -0.05) is 12.1 Å². The van der Waals surface area contributed by atoms with Gasteiger partial charge in [0, 0.05) is 18.3 Å². The van der Waals surface area contributed by atoms with E-state index in [2.05, 4.69) is 18.0 Å². The lowest BCUT2D eigenvalue weighted by Gasteiger charge is -2.23. The summed E-state index contributed by atoms with van der Waals surface area (Å²) in [6.07, 6.45) is 1.27. The van der Waals surface area contributed by atoms with Gasteiger partial charge < -0.3 is 4.74 Å². The first-order chi connectivity index (χ1) is 8.81. The second-order valence-corrected chi connectivity index (χ2v) is 5.60. The third-order valence-electron chi connectivity index (χ3n) is 3.24. The SMILES string of the molecule is CN(CCOc1ccccc1C#N)C1CCSC1. The summed E-state index contributed by atoms with van der Waals surface area (Å²) in [5, 5.41) is 8.96. The number of rotatable bonds is 5. The smallest absolute Gasteiger partial charge is 0.137 e. The zero-order chi connectivity index (χ0) is 12.8. The van der Waals surface area contributed by atoms with Crippen molar-refractivity contribution in [2.45, 2.75) is 12.5 Å². The summed E-state index contributed by atoms with van der Waals surface area (Å²) in [7, 11) is 2.15. The summed E-state index contributed by atoms with van der Waals surface area (Å²) in [6, 6.07) is 10.2. The monoisotopic (exact) mass is 262 g/mol. The molecule has 1 aliphatic rings. The van der Waals surface area contributed by atoms with Crippen molar-refractivity contribution in [1.29, 1.82) is 5.26 Å². The van der Waals surface area contributed by atoms with Gasteiger partial charge in [0.1, 0.15) is 18.4 Å². The minimum absolute atomic E-state index is 0.608. The van der Waals surface area contributed by atoms with E-state index in [0.29, 0.717) is 24.0 Å². The van der Waals surface area contributed by atoms with E-state index in [1.165, 1.54) is 17.9 Å². The van der Waals surface area contributed by atoms with E-state index in [4.69, 9.17) is 10.00 Å². The van der Waals surface area contributed by atoms with Crippen LogP contribution in [0.25, 0.3) is 0 Å². The fourth-order valence-corrected chi connectivity index (χ4v) is 3.34. The summed E-state index contributed by atoms with van der Waals surface area (Å²) in [5.74, 6) is 3.19. The Labute approximate surface area is 113 Å². The molecule has 0 saturated carbocycles. The number of benzene rings is 1. The maximum atomic E-state index is 8.96. The van der Waals surface area contributed by atoms with E-state index in [1.54, 1.807) is 6.07 Å². The van der Waals surface area contributed by atoms with Crippen LogP contribution in [-0.4, -0.2) is 42.6 Å². The summed E-state index contributed by atoms with van der Waals surface area (Å²) in [4.78, 5) is 2.36. The molecule has 0 N–H and O–H groups in total. The maximum Gasteiger partial charge on any atom is 0.137 e. The van der Waals surface area contributed by atoms with Crippen LogP contribution >= 0.6 is 11.8 Å². The third kappa shape index (κ3) is 3.41. The molecule has 1 aliphatic heterocycles. The quantitative estimate of drug-likeness (QED) is 0.816. The van der Waals surface area contributed by atoms with Gasteiger partial charge in [0.2, 0.25) is 0 Å². The molecule has 2 rings (SSSR count). The predicted molar refractivity (Wildman–Crippen MR) is 75.0 cm³/mol. The fraction of sp³-hybridized carbons (Fsp3) is 0.500. The molecule has 1 saturated heterocycles. The van der Waals surface area contributed by atoms with Crippen molar-refractivity contribution < 1.29 is 4.74 Å². The lowest BCUT2D eigenvalue weighted by molar-refractivity contribution is 0.202. The standard InChI is InChI=1S/C14H18N2OS/c1-16(13-6-9-18-11-13)7-8-17-14-5-3-2-4-12(14)10-15/h2-5,13H,6-9,11H2,1H3. The van der Waals surface area contributed by atoms with E-state index in [1.807, 2.05) is 30.0 Å². The third-order valence-corrected chi connectivity index (χ3v) is 4.38. The van der Waals surface area contributed by atoms with Crippen LogP contribution in [0.2, 0.25) is 0 Å². The number of thioether (sulfide) groups is 1. The average molecular weight is 262 g/mol. The molecule has 1 atom stereocenters. The number of para-hydroxylation sites is 1. The van der Waals surface area contributed by atoms with Gasteiger partial charge in [-0.3, -0.25) is 4.90 Å². The van der Waals surface area contributed by atoms with E-state index < -0.39 is 0 Å². The molecule has 4 heteroatoms. The highest BCUT2D eigenvalue weighted by Gasteiger charge is 2.19. The van der Waals surface area contributed by atoms with Gasteiger partial charge in [-0.15, -0.1) is 0 Å². The van der Waals surface area contributed by atoms with Gasteiger partial charge >= 0.3 is 0 Å². The van der Waals surface area contributed by atoms with E-state index >= 15 is 0 Å². The number of likely N-dealkylation sites (N-methyl/N-ethyl adjacent to an activating group) is 1. The highest BCUT2D eigenvalue weighted by Crippen LogP contribution is 2.21. The Bertz CT molecular complexity index is 424. The largest absolute Gasteiger partial charge is 0.491 e. The molecule has 1 heterocycles. The number of ether oxygens (including phenoxy) is 1. The normalized spacial score (nSPS) is 18.8. The van der Waals surface area contributed by atoms with Crippen molar-refractivity contribution in [2.75, 3.05) is 31.7 Å². The zero-order valence-electron chi connectivity index (χ0n) is 10.6. The summed E-state index contributed by atoms with van der Waals surface area (Å²) in [5.41, 5.74) is 0.608. The van der Waals surface area contributed by atoms with Crippen LogP contribution in [0.5, 0.6) is 5.75 Å². The molecule has 0 spiro atoms. The minimum atomic E-state index is 0.608. The van der Waals surface area contributed by atoms with Crippen molar-refractivity contribution in [1.82, 2.24) is 4.90 Å². The van der Waals surface area contributed by atoms with Gasteiger partial charge in [0.15, 0.2) is 0 Å². The van der Waals surface area contributed by atoms with E-state index in [0.717, 1.165) is 6.54 Å². The Hall–Kier alpha value is -1.18. The summed E-state index contributed by atoms with van der Waals surface area (Å²) >= 11 is 2.02. The van der Waals surface area contributed by atoms with Gasteiger partial charge in [-0.2, -0.15) is 17.0 Å². The first-order valence-electron chi connectivity index (χ1n) is 6.21. The van der Waals surface area contributed by atoms with Crippen LogP contribution in [0.15, 0.2) is 24.3 Å². The highest BCUT2D eigenvalue weighted by atomic mass is 32.2. The molecule has 0 aromatic heterocycles. The van der Waals surface area contributed by atoms with Crippen LogP contribution in [0.1, 0.15) is 12.0 Å². The molecule has 1 aromatic rings. The highest BCUT2D eigenvalue weighted by molar-refractivity contribution is 7.99. The van der Waals surface area contributed by atoms with Crippen molar-refractivity contribution in [2.24, 2.45) is 0 Å². The first kappa shape index (κ1) is 13.3. The Balaban J connectivity index is 1.79. The van der Waals surface area contributed by atoms with Gasteiger partial charge in [-0.05, 0) is 31.4 Å². The van der Waals surface area contributed by atoms with Crippen molar-refractivity contribution in [3.8, 4) is 11.8 Å². The van der Waals surface area contributed by atoms with E-state index in [-0.39, 0.29) is 0 Å². The molecule has 3 nitrogen and oxygen atoms in total. The topological polar surface area (TPSA) is 36.3 Å². The lowest BCUT2D eigenvalue weighted by atomic mass is 10.2. The Kier molecular flexibility index (Phi) is 4.91. The summed E-state index contributed by atoms with van der Waals surface area (Å²) < 4.78 is 5.69. The molecule has 0 bridgehead atoms. The fourth-order valence-electron chi connectivity index (χ4n) is 2.04. The molecular weight excluding hydrogens is 244 g/mol. The van der Waals surface area contributed by atoms with Crippen molar-refractivity contribution in [3.05, 3.63) is 29.8 Å². The molecule has 0 amide bonds. The lowest BCUT2D eigenvalue weighted by Crippen LogP contribution is -2.34. The molecule has 0 radical (unpaired) electrons. The van der Waals surface area contributed by atoms with Crippen molar-refractivity contribution in [3.63, 3.8) is 0 Å². The average Bonchev–Trinajstić information content (AvgIpc) is 2.93. The number of nitrogens with zero attached hydrogens (tertiary/aromatic N) is 2. The van der Waals surface area contributed by atoms with Crippen LogP contribution in [0.3, 0.4) is 0 Å². The van der Waals surface area contributed by atoms with Crippen LogP contribution in [0, 0.1) is 11.3 Å². The number of hydrogen-bond donors (Lipinski definition) is 0. The maximum absolute atomic E-state index is 8.96. The van der Waals surface area contributed by atoms with Gasteiger partial charge in [-0.25, -0.2) is 0 Å². The first-order valence-corrected chi connectivity index (χ1v) is 7.36. The van der Waals surface area contributed by atoms with Crippen LogP contribution in [0.4, 0.5) is 0 Å². The Morgan fingerprint density at radius 3 is 3.06 bits per heavy atom. The predicted octanol–water partition coefficient (Wildman–Crippen LogP) is 2.37. The van der Waals surface area contributed by atoms with Crippen molar-refractivity contribution >= 4 is 11.8 Å². The Morgan fingerprint density at radius 2 is 2.33 bits per heavy atom. The molecular formula is C14H18N2OS. The zero-order valence-corrected chi connectivity index (χ0v) is 11.4. The molecule has 0 aliphatic carbocycles. The van der Waals surface area contributed by atoms with Gasteiger partial charge in [0.05, 0.1) is 5.56 Å². The second kappa shape index (κ2) is 6.67. The van der Waals surface area contributed by atoms with Gasteiger partial charge in [0.25, 0.3) is 0 Å². The van der Waals surface area contributed by atoms with Crippen LogP contribution in [-0.2, 0) is 0 Å². The molecule has 18 heavy (non-hydrogen) atoms. The number of hydrogen-bond acceptors (Lipinski definition) is 4. The molecule has 96 valence electrons.